The first kappa shape index (κ1) is 11.8. The van der Waals surface area contributed by atoms with Crippen LogP contribution in [-0.4, -0.2) is 25.6 Å². The molecule has 17 heavy (non-hydrogen) atoms. The number of benzene rings is 1. The van der Waals surface area contributed by atoms with Crippen molar-refractivity contribution < 1.29 is 9.53 Å². The molecule has 0 bridgehead atoms. The van der Waals surface area contributed by atoms with Crippen LogP contribution in [0.4, 0.5) is 5.69 Å². The predicted octanol–water partition coefficient (Wildman–Crippen LogP) is 1.88. The van der Waals surface area contributed by atoms with Gasteiger partial charge in [0.25, 0.3) is 5.91 Å². The van der Waals surface area contributed by atoms with E-state index in [1.54, 1.807) is 13.2 Å². The number of fused-ring (bicyclic) bond motifs is 1. The summed E-state index contributed by atoms with van der Waals surface area (Å²) in [6.07, 6.45) is 0. The van der Waals surface area contributed by atoms with E-state index in [1.165, 1.54) is 0 Å². The lowest BCUT2D eigenvalue weighted by atomic mass is 10.0. The first-order chi connectivity index (χ1) is 8.11. The van der Waals surface area contributed by atoms with Crippen molar-refractivity contribution in [2.24, 2.45) is 5.92 Å². The van der Waals surface area contributed by atoms with E-state index in [2.05, 4.69) is 24.5 Å². The van der Waals surface area contributed by atoms with Crippen molar-refractivity contribution in [2.45, 2.75) is 19.9 Å². The number of methoxy groups -OCH3 is 1. The van der Waals surface area contributed by atoms with Crippen LogP contribution >= 0.6 is 0 Å². The Morgan fingerprint density at radius 3 is 2.82 bits per heavy atom. The molecule has 1 heterocycles. The lowest BCUT2D eigenvalue weighted by Gasteiger charge is -2.19. The van der Waals surface area contributed by atoms with Crippen molar-refractivity contribution in [1.82, 2.24) is 5.32 Å². The molecule has 1 aliphatic rings. The number of hydrogen-bond donors (Lipinski definition) is 2. The van der Waals surface area contributed by atoms with Gasteiger partial charge in [0.05, 0.1) is 12.7 Å². The van der Waals surface area contributed by atoms with Crippen LogP contribution in [0.5, 0.6) is 5.75 Å². The summed E-state index contributed by atoms with van der Waals surface area (Å²) in [6, 6.07) is 5.66. The monoisotopic (exact) mass is 234 g/mol. The Morgan fingerprint density at radius 2 is 2.18 bits per heavy atom. The number of ether oxygens (including phenoxy) is 1. The molecule has 0 saturated carbocycles. The van der Waals surface area contributed by atoms with Crippen molar-refractivity contribution in [3.63, 3.8) is 0 Å². The van der Waals surface area contributed by atoms with Crippen molar-refractivity contribution in [2.75, 3.05) is 19.0 Å². The first-order valence-corrected chi connectivity index (χ1v) is 5.84. The number of nitrogens with one attached hydrogen (secondary N) is 2. The van der Waals surface area contributed by atoms with Gasteiger partial charge in [-0.1, -0.05) is 13.8 Å². The summed E-state index contributed by atoms with van der Waals surface area (Å²) in [7, 11) is 1.60. The maximum absolute atomic E-state index is 12.1. The van der Waals surface area contributed by atoms with E-state index in [1.807, 2.05) is 12.1 Å². The van der Waals surface area contributed by atoms with Gasteiger partial charge >= 0.3 is 0 Å². The van der Waals surface area contributed by atoms with Gasteiger partial charge in [0.1, 0.15) is 5.75 Å². The summed E-state index contributed by atoms with van der Waals surface area (Å²) >= 11 is 0. The van der Waals surface area contributed by atoms with Crippen molar-refractivity contribution in [3.05, 3.63) is 23.8 Å². The zero-order valence-electron chi connectivity index (χ0n) is 10.4. The Kier molecular flexibility index (Phi) is 3.22. The zero-order valence-corrected chi connectivity index (χ0v) is 10.4. The molecule has 0 aliphatic carbocycles. The van der Waals surface area contributed by atoms with Crippen LogP contribution in [0.15, 0.2) is 18.2 Å². The van der Waals surface area contributed by atoms with Gasteiger partial charge in [-0.2, -0.15) is 0 Å². The highest BCUT2D eigenvalue weighted by Gasteiger charge is 2.23. The lowest BCUT2D eigenvalue weighted by Crippen LogP contribution is -2.40. The smallest absolute Gasteiger partial charge is 0.253 e. The normalized spacial score (nSPS) is 19.1. The van der Waals surface area contributed by atoms with Crippen molar-refractivity contribution in [1.29, 1.82) is 0 Å². The van der Waals surface area contributed by atoms with Gasteiger partial charge in [-0.05, 0) is 24.1 Å². The zero-order chi connectivity index (χ0) is 12.4. The molecule has 2 rings (SSSR count). The van der Waals surface area contributed by atoms with E-state index in [0.29, 0.717) is 17.2 Å². The van der Waals surface area contributed by atoms with Crippen LogP contribution in [0.2, 0.25) is 0 Å². The summed E-state index contributed by atoms with van der Waals surface area (Å²) in [5.74, 6) is 1.06. The topological polar surface area (TPSA) is 50.4 Å². The quantitative estimate of drug-likeness (QED) is 0.821. The van der Waals surface area contributed by atoms with Crippen LogP contribution in [0.1, 0.15) is 24.2 Å². The molecule has 0 fully saturated rings. The van der Waals surface area contributed by atoms with Crippen LogP contribution in [0.25, 0.3) is 0 Å². The van der Waals surface area contributed by atoms with Gasteiger partial charge in [-0.3, -0.25) is 4.79 Å². The second-order valence-electron chi connectivity index (χ2n) is 4.62. The number of carbonyl (C=O) groups is 1. The standard InChI is InChI=1S/C13H18N2O2/c1-8(2)12-7-14-11-5-4-9(17-3)6-10(11)13(16)15-12/h4-6,8,12,14H,7H2,1-3H3,(H,15,16). The highest BCUT2D eigenvalue weighted by molar-refractivity contribution is 6.00. The molecule has 1 atom stereocenters. The largest absolute Gasteiger partial charge is 0.497 e. The van der Waals surface area contributed by atoms with Crippen molar-refractivity contribution in [3.8, 4) is 5.75 Å². The van der Waals surface area contributed by atoms with Gasteiger partial charge in [-0.25, -0.2) is 0 Å². The average Bonchev–Trinajstić information content (AvgIpc) is 2.49. The molecule has 1 amide bonds. The molecule has 4 nitrogen and oxygen atoms in total. The van der Waals surface area contributed by atoms with E-state index in [4.69, 9.17) is 4.74 Å². The lowest BCUT2D eigenvalue weighted by molar-refractivity contribution is 0.0932. The molecule has 1 aliphatic heterocycles. The molecule has 0 spiro atoms. The van der Waals surface area contributed by atoms with E-state index in [-0.39, 0.29) is 11.9 Å². The maximum atomic E-state index is 12.1. The molecule has 0 aromatic heterocycles. The van der Waals surface area contributed by atoms with Crippen molar-refractivity contribution >= 4 is 11.6 Å². The Hall–Kier alpha value is -1.71. The molecule has 1 aromatic carbocycles. The van der Waals surface area contributed by atoms with Crippen LogP contribution in [0.3, 0.4) is 0 Å². The second-order valence-corrected chi connectivity index (χ2v) is 4.62. The Labute approximate surface area is 101 Å². The molecule has 1 unspecified atom stereocenters. The minimum Gasteiger partial charge on any atom is -0.497 e. The first-order valence-electron chi connectivity index (χ1n) is 5.84. The van der Waals surface area contributed by atoms with Gasteiger partial charge in [0, 0.05) is 18.3 Å². The second kappa shape index (κ2) is 4.65. The fourth-order valence-electron chi connectivity index (χ4n) is 1.91. The summed E-state index contributed by atoms with van der Waals surface area (Å²) in [5, 5.41) is 6.33. The van der Waals surface area contributed by atoms with Crippen LogP contribution in [-0.2, 0) is 0 Å². The number of anilines is 1. The third-order valence-corrected chi connectivity index (χ3v) is 3.11. The van der Waals surface area contributed by atoms with Gasteiger partial charge in [-0.15, -0.1) is 0 Å². The molecule has 2 N–H and O–H groups in total. The van der Waals surface area contributed by atoms with E-state index < -0.39 is 0 Å². The van der Waals surface area contributed by atoms with Crippen LogP contribution < -0.4 is 15.4 Å². The highest BCUT2D eigenvalue weighted by Crippen LogP contribution is 2.24. The minimum absolute atomic E-state index is 0.0393. The van der Waals surface area contributed by atoms with E-state index in [0.717, 1.165) is 12.2 Å². The summed E-state index contributed by atoms with van der Waals surface area (Å²) in [5.41, 5.74) is 1.51. The molecule has 0 saturated heterocycles. The fraction of sp³-hybridized carbons (Fsp3) is 0.462. The summed E-state index contributed by atoms with van der Waals surface area (Å²) < 4.78 is 5.14. The number of carbonyl (C=O) groups excluding carboxylic acids is 1. The minimum atomic E-state index is -0.0393. The number of amides is 1. The van der Waals surface area contributed by atoms with Gasteiger partial charge in [0.2, 0.25) is 0 Å². The van der Waals surface area contributed by atoms with Crippen LogP contribution in [0, 0.1) is 5.92 Å². The Balaban J connectivity index is 2.31. The van der Waals surface area contributed by atoms with Gasteiger partial charge in [0.15, 0.2) is 0 Å². The SMILES string of the molecule is COc1ccc2c(c1)C(=O)NC(C(C)C)CN2. The molecular formula is C13H18N2O2. The third-order valence-electron chi connectivity index (χ3n) is 3.11. The number of rotatable bonds is 2. The summed E-state index contributed by atoms with van der Waals surface area (Å²) in [6.45, 7) is 4.95. The molecule has 1 aromatic rings. The third kappa shape index (κ3) is 2.35. The van der Waals surface area contributed by atoms with Gasteiger partial charge < -0.3 is 15.4 Å². The Morgan fingerprint density at radius 1 is 1.41 bits per heavy atom. The maximum Gasteiger partial charge on any atom is 0.253 e. The molecule has 4 heteroatoms. The summed E-state index contributed by atoms with van der Waals surface area (Å²) in [4.78, 5) is 12.1. The molecule has 0 radical (unpaired) electrons. The fourth-order valence-corrected chi connectivity index (χ4v) is 1.91. The molecule has 92 valence electrons. The van der Waals surface area contributed by atoms with E-state index in [9.17, 15) is 4.79 Å². The average molecular weight is 234 g/mol. The number of hydrogen-bond acceptors (Lipinski definition) is 3. The molecular weight excluding hydrogens is 216 g/mol. The van der Waals surface area contributed by atoms with E-state index >= 15 is 0 Å². The predicted molar refractivity (Wildman–Crippen MR) is 67.6 cm³/mol. The Bertz CT molecular complexity index is 429. The highest BCUT2D eigenvalue weighted by atomic mass is 16.5.